The van der Waals surface area contributed by atoms with Crippen molar-refractivity contribution in [3.63, 3.8) is 0 Å². The fraction of sp³-hybridized carbons (Fsp3) is 0.391. The minimum Gasteiger partial charge on any atom is -0.466 e. The lowest BCUT2D eigenvalue weighted by Crippen LogP contribution is -2.44. The van der Waals surface area contributed by atoms with Crippen molar-refractivity contribution in [1.29, 1.82) is 0 Å². The number of carbonyl (C=O) groups is 2. The van der Waals surface area contributed by atoms with Crippen LogP contribution in [0.5, 0.6) is 0 Å². The minimum absolute atomic E-state index is 0.0153. The van der Waals surface area contributed by atoms with Crippen molar-refractivity contribution in [2.75, 3.05) is 19.7 Å². The maximum absolute atomic E-state index is 13.1. The van der Waals surface area contributed by atoms with E-state index >= 15 is 0 Å². The van der Waals surface area contributed by atoms with Crippen molar-refractivity contribution < 1.29 is 27.1 Å². The lowest BCUT2D eigenvalue weighted by molar-refractivity contribution is -0.144. The molecule has 1 unspecified atom stereocenters. The van der Waals surface area contributed by atoms with Crippen molar-refractivity contribution in [3.05, 3.63) is 66.0 Å². The van der Waals surface area contributed by atoms with Crippen LogP contribution in [0, 0.1) is 11.7 Å². The standard InChI is InChI=1S/C23H27FN2O5S/c1-2-31-22(27)16-21(17-6-4-3-5-7-17)25-23(28)18-12-14-26(15-13-18)32(29,30)20-10-8-19(24)9-11-20/h3-11,18,21H,2,12-16H2,1H3,(H,25,28). The molecule has 1 N–H and O–H groups in total. The van der Waals surface area contributed by atoms with Crippen molar-refractivity contribution in [3.8, 4) is 0 Å². The van der Waals surface area contributed by atoms with Gasteiger partial charge in [0.15, 0.2) is 0 Å². The lowest BCUT2D eigenvalue weighted by Gasteiger charge is -2.31. The summed E-state index contributed by atoms with van der Waals surface area (Å²) in [4.78, 5) is 25.0. The smallest absolute Gasteiger partial charge is 0.308 e. The van der Waals surface area contributed by atoms with E-state index in [1.54, 1.807) is 6.92 Å². The third-order valence-electron chi connectivity index (χ3n) is 5.47. The Balaban J connectivity index is 1.63. The van der Waals surface area contributed by atoms with E-state index in [2.05, 4.69) is 5.32 Å². The number of nitrogens with zero attached hydrogens (tertiary/aromatic N) is 1. The molecule has 172 valence electrons. The highest BCUT2D eigenvalue weighted by molar-refractivity contribution is 7.89. The average molecular weight is 463 g/mol. The van der Waals surface area contributed by atoms with Gasteiger partial charge in [-0.3, -0.25) is 9.59 Å². The number of benzene rings is 2. The number of sulfonamides is 1. The fourth-order valence-corrected chi connectivity index (χ4v) is 5.20. The first-order chi connectivity index (χ1) is 15.3. The predicted octanol–water partition coefficient (Wildman–Crippen LogP) is 3.04. The molecule has 0 saturated carbocycles. The molecule has 0 radical (unpaired) electrons. The number of esters is 1. The molecule has 32 heavy (non-hydrogen) atoms. The second-order valence-electron chi connectivity index (χ2n) is 7.61. The molecule has 0 aliphatic carbocycles. The lowest BCUT2D eigenvalue weighted by atomic mass is 9.95. The van der Waals surface area contributed by atoms with E-state index in [1.807, 2.05) is 30.3 Å². The summed E-state index contributed by atoms with van der Waals surface area (Å²) in [6, 6.07) is 13.4. The molecule has 1 aliphatic rings. The molecule has 1 saturated heterocycles. The normalized spacial score (nSPS) is 16.3. The van der Waals surface area contributed by atoms with Gasteiger partial charge in [0.25, 0.3) is 0 Å². The van der Waals surface area contributed by atoms with Crippen LogP contribution in [0.3, 0.4) is 0 Å². The van der Waals surface area contributed by atoms with Crippen LogP contribution in [0.2, 0.25) is 0 Å². The molecule has 3 rings (SSSR count). The molecular formula is C23H27FN2O5S. The Hall–Kier alpha value is -2.78. The molecule has 2 aromatic carbocycles. The molecule has 0 bridgehead atoms. The summed E-state index contributed by atoms with van der Waals surface area (Å²) in [6.07, 6.45) is 0.724. The third kappa shape index (κ3) is 5.92. The van der Waals surface area contributed by atoms with Gasteiger partial charge < -0.3 is 10.1 Å². The Kier molecular flexibility index (Phi) is 7.98. The van der Waals surface area contributed by atoms with Gasteiger partial charge in [0.1, 0.15) is 5.82 Å². The fourth-order valence-electron chi connectivity index (χ4n) is 3.73. The molecule has 1 heterocycles. The summed E-state index contributed by atoms with van der Waals surface area (Å²) in [5, 5.41) is 2.93. The molecule has 1 atom stereocenters. The van der Waals surface area contributed by atoms with Crippen molar-refractivity contribution in [2.45, 2.75) is 37.1 Å². The number of amides is 1. The van der Waals surface area contributed by atoms with Crippen molar-refractivity contribution in [2.24, 2.45) is 5.92 Å². The molecule has 2 aromatic rings. The van der Waals surface area contributed by atoms with Crippen LogP contribution in [-0.2, 0) is 24.3 Å². The monoisotopic (exact) mass is 462 g/mol. The molecule has 7 nitrogen and oxygen atoms in total. The molecule has 1 fully saturated rings. The largest absolute Gasteiger partial charge is 0.466 e. The van der Waals surface area contributed by atoms with Crippen LogP contribution in [-0.4, -0.2) is 44.3 Å². The highest BCUT2D eigenvalue weighted by Crippen LogP contribution is 2.26. The van der Waals surface area contributed by atoms with E-state index in [1.165, 1.54) is 16.4 Å². The van der Waals surface area contributed by atoms with E-state index < -0.39 is 27.9 Å². The zero-order valence-electron chi connectivity index (χ0n) is 17.9. The molecule has 1 amide bonds. The Labute approximate surface area is 187 Å². The van der Waals surface area contributed by atoms with Crippen molar-refractivity contribution in [1.82, 2.24) is 9.62 Å². The van der Waals surface area contributed by atoms with E-state index in [0.717, 1.165) is 17.7 Å². The highest BCUT2D eigenvalue weighted by Gasteiger charge is 2.33. The van der Waals surface area contributed by atoms with Gasteiger partial charge in [0, 0.05) is 19.0 Å². The summed E-state index contributed by atoms with van der Waals surface area (Å²) >= 11 is 0. The number of piperidine rings is 1. The van der Waals surface area contributed by atoms with Gasteiger partial charge in [0.05, 0.1) is 24.0 Å². The summed E-state index contributed by atoms with van der Waals surface area (Å²) in [7, 11) is -3.74. The summed E-state index contributed by atoms with van der Waals surface area (Å²) in [5.41, 5.74) is 0.797. The van der Waals surface area contributed by atoms with Crippen molar-refractivity contribution >= 4 is 21.9 Å². The summed E-state index contributed by atoms with van der Waals surface area (Å²) in [6.45, 7) is 2.36. The van der Waals surface area contributed by atoms with Gasteiger partial charge in [-0.05, 0) is 49.6 Å². The van der Waals surface area contributed by atoms with E-state index in [4.69, 9.17) is 4.74 Å². The maximum atomic E-state index is 13.1. The molecule has 9 heteroatoms. The van der Waals surface area contributed by atoms with Gasteiger partial charge in [0.2, 0.25) is 15.9 Å². The second kappa shape index (κ2) is 10.7. The predicted molar refractivity (Wildman–Crippen MR) is 116 cm³/mol. The zero-order chi connectivity index (χ0) is 23.1. The van der Waals surface area contributed by atoms with Crippen LogP contribution in [0.4, 0.5) is 4.39 Å². The van der Waals surface area contributed by atoms with Crippen LogP contribution in [0.25, 0.3) is 0 Å². The van der Waals surface area contributed by atoms with Gasteiger partial charge in [-0.25, -0.2) is 12.8 Å². The Morgan fingerprint density at radius 3 is 2.31 bits per heavy atom. The zero-order valence-corrected chi connectivity index (χ0v) is 18.7. The van der Waals surface area contributed by atoms with Gasteiger partial charge in [-0.2, -0.15) is 4.31 Å². The van der Waals surface area contributed by atoms with Gasteiger partial charge in [-0.15, -0.1) is 0 Å². The van der Waals surface area contributed by atoms with E-state index in [0.29, 0.717) is 12.8 Å². The highest BCUT2D eigenvalue weighted by atomic mass is 32.2. The average Bonchev–Trinajstić information content (AvgIpc) is 2.79. The Morgan fingerprint density at radius 2 is 1.72 bits per heavy atom. The molecule has 1 aliphatic heterocycles. The minimum atomic E-state index is -3.74. The van der Waals surface area contributed by atoms with Crippen LogP contribution in [0.1, 0.15) is 37.8 Å². The number of hydrogen-bond acceptors (Lipinski definition) is 5. The topological polar surface area (TPSA) is 92.8 Å². The summed E-state index contributed by atoms with van der Waals surface area (Å²) in [5.74, 6) is -1.50. The Bertz CT molecular complexity index is 1020. The second-order valence-corrected chi connectivity index (χ2v) is 9.55. The number of nitrogens with one attached hydrogen (secondary N) is 1. The third-order valence-corrected chi connectivity index (χ3v) is 7.38. The molecule has 0 spiro atoms. The quantitative estimate of drug-likeness (QED) is 0.609. The molecule has 0 aromatic heterocycles. The molecular weight excluding hydrogens is 435 g/mol. The number of ether oxygens (including phenoxy) is 1. The number of hydrogen-bond donors (Lipinski definition) is 1. The SMILES string of the molecule is CCOC(=O)CC(NC(=O)C1CCN(S(=O)(=O)c2ccc(F)cc2)CC1)c1ccccc1. The van der Waals surface area contributed by atoms with E-state index in [9.17, 15) is 22.4 Å². The Morgan fingerprint density at radius 1 is 1.09 bits per heavy atom. The first-order valence-electron chi connectivity index (χ1n) is 10.6. The van der Waals surface area contributed by atoms with Crippen LogP contribution < -0.4 is 5.32 Å². The first kappa shape index (κ1) is 23.9. The number of carbonyl (C=O) groups excluding carboxylic acids is 2. The maximum Gasteiger partial charge on any atom is 0.308 e. The number of rotatable bonds is 8. The first-order valence-corrected chi connectivity index (χ1v) is 12.0. The van der Waals surface area contributed by atoms with E-state index in [-0.39, 0.29) is 42.8 Å². The number of halogens is 1. The van der Waals surface area contributed by atoms with Crippen LogP contribution in [0.15, 0.2) is 59.5 Å². The summed E-state index contributed by atoms with van der Waals surface area (Å²) < 4.78 is 45.0. The van der Waals surface area contributed by atoms with Crippen LogP contribution >= 0.6 is 0 Å². The van der Waals surface area contributed by atoms with Gasteiger partial charge in [-0.1, -0.05) is 30.3 Å². The van der Waals surface area contributed by atoms with Gasteiger partial charge >= 0.3 is 5.97 Å².